The highest BCUT2D eigenvalue weighted by atomic mass is 19.1. The summed E-state index contributed by atoms with van der Waals surface area (Å²) in [5.41, 5.74) is 1.91. The first-order valence-electron chi connectivity index (χ1n) is 5.97. The molecule has 94 valence electrons. The zero-order chi connectivity index (χ0) is 12.9. The average molecular weight is 247 g/mol. The number of fused-ring (bicyclic) bond motifs is 1. The topological polar surface area (TPSA) is 45.7 Å². The van der Waals surface area contributed by atoms with Gasteiger partial charge in [-0.3, -0.25) is 0 Å². The minimum absolute atomic E-state index is 0.105. The van der Waals surface area contributed by atoms with Crippen molar-refractivity contribution in [2.75, 3.05) is 0 Å². The lowest BCUT2D eigenvalue weighted by Gasteiger charge is -2.08. The summed E-state index contributed by atoms with van der Waals surface area (Å²) in [6, 6.07) is 4.41. The van der Waals surface area contributed by atoms with E-state index in [-0.39, 0.29) is 11.2 Å². The molecular weight excluding hydrogens is 233 g/mol. The van der Waals surface area contributed by atoms with Crippen molar-refractivity contribution in [3.05, 3.63) is 35.3 Å². The number of furan rings is 1. The fraction of sp³-hybridized carbons (Fsp3) is 0.357. The quantitative estimate of drug-likeness (QED) is 0.497. The maximum absolute atomic E-state index is 13.2. The van der Waals surface area contributed by atoms with Crippen LogP contribution in [0.2, 0.25) is 0 Å². The maximum atomic E-state index is 13.2. The molecule has 1 aliphatic rings. The number of aryl methyl sites for hydroxylation is 1. The van der Waals surface area contributed by atoms with Crippen molar-refractivity contribution >= 4 is 16.7 Å². The lowest BCUT2D eigenvalue weighted by molar-refractivity contribution is 0.313. The van der Waals surface area contributed by atoms with Crippen LogP contribution in [0.5, 0.6) is 0 Å². The predicted molar refractivity (Wildman–Crippen MR) is 66.6 cm³/mol. The molecule has 18 heavy (non-hydrogen) atoms. The average Bonchev–Trinajstić information content (AvgIpc) is 3.00. The minimum atomic E-state index is -0.293. The Bertz CT molecular complexity index is 653. The zero-order valence-corrected chi connectivity index (χ0v) is 10.3. The maximum Gasteiger partial charge on any atom is 0.156 e. The lowest BCUT2D eigenvalue weighted by atomic mass is 9.98. The monoisotopic (exact) mass is 247 g/mol. The highest BCUT2D eigenvalue weighted by Crippen LogP contribution is 2.49. The highest BCUT2D eigenvalue weighted by molar-refractivity contribution is 6.07. The summed E-state index contributed by atoms with van der Waals surface area (Å²) < 4.78 is 18.9. The van der Waals surface area contributed by atoms with Gasteiger partial charge in [0.1, 0.15) is 17.1 Å². The molecule has 2 aromatic rings. The Morgan fingerprint density at radius 1 is 1.44 bits per heavy atom. The molecular formula is C14H14FNO2. The lowest BCUT2D eigenvalue weighted by Crippen LogP contribution is -2.13. The molecule has 0 unspecified atom stereocenters. The third-order valence-corrected chi connectivity index (χ3v) is 3.78. The molecule has 0 aliphatic heterocycles. The van der Waals surface area contributed by atoms with Crippen molar-refractivity contribution in [1.82, 2.24) is 0 Å². The van der Waals surface area contributed by atoms with Gasteiger partial charge in [0.25, 0.3) is 0 Å². The van der Waals surface area contributed by atoms with Crippen LogP contribution >= 0.6 is 0 Å². The Morgan fingerprint density at radius 2 is 2.17 bits per heavy atom. The first-order chi connectivity index (χ1) is 8.55. The van der Waals surface area contributed by atoms with Crippen molar-refractivity contribution < 1.29 is 14.0 Å². The van der Waals surface area contributed by atoms with E-state index in [9.17, 15) is 9.60 Å². The SMILES string of the molecule is Cc1c(/C(=N\O)C2(C)CC2)oc2ccc(F)cc12. The van der Waals surface area contributed by atoms with E-state index in [2.05, 4.69) is 5.16 Å². The van der Waals surface area contributed by atoms with E-state index in [1.807, 2.05) is 13.8 Å². The molecule has 0 atom stereocenters. The third kappa shape index (κ3) is 1.52. The van der Waals surface area contributed by atoms with Gasteiger partial charge in [-0.2, -0.15) is 0 Å². The molecule has 1 fully saturated rings. The van der Waals surface area contributed by atoms with Crippen molar-refractivity contribution in [2.45, 2.75) is 26.7 Å². The molecule has 3 rings (SSSR count). The summed E-state index contributed by atoms with van der Waals surface area (Å²) in [6.07, 6.45) is 1.97. The van der Waals surface area contributed by atoms with Gasteiger partial charge in [-0.15, -0.1) is 0 Å². The van der Waals surface area contributed by atoms with Gasteiger partial charge in [-0.05, 0) is 38.0 Å². The molecule has 1 aliphatic carbocycles. The molecule has 1 aromatic heterocycles. The first-order valence-corrected chi connectivity index (χ1v) is 5.97. The Balaban J connectivity index is 2.21. The van der Waals surface area contributed by atoms with Gasteiger partial charge in [-0.25, -0.2) is 4.39 Å². The van der Waals surface area contributed by atoms with Crippen LogP contribution in [-0.4, -0.2) is 10.9 Å². The van der Waals surface area contributed by atoms with E-state index >= 15 is 0 Å². The zero-order valence-electron chi connectivity index (χ0n) is 10.3. The molecule has 4 heteroatoms. The van der Waals surface area contributed by atoms with Crippen LogP contribution in [0, 0.1) is 18.2 Å². The normalized spacial score (nSPS) is 18.3. The van der Waals surface area contributed by atoms with Crippen molar-refractivity contribution in [1.29, 1.82) is 0 Å². The number of rotatable bonds is 2. The first kappa shape index (κ1) is 11.3. The second-order valence-electron chi connectivity index (χ2n) is 5.21. The van der Waals surface area contributed by atoms with Gasteiger partial charge in [-0.1, -0.05) is 12.1 Å². The molecule has 0 amide bonds. The van der Waals surface area contributed by atoms with Crippen LogP contribution in [0.3, 0.4) is 0 Å². The van der Waals surface area contributed by atoms with Gasteiger partial charge < -0.3 is 9.62 Å². The van der Waals surface area contributed by atoms with E-state index in [0.717, 1.165) is 23.8 Å². The summed E-state index contributed by atoms with van der Waals surface area (Å²) in [5, 5.41) is 13.3. The van der Waals surface area contributed by atoms with E-state index in [1.165, 1.54) is 12.1 Å². The number of hydrogen-bond donors (Lipinski definition) is 1. The second-order valence-corrected chi connectivity index (χ2v) is 5.21. The van der Waals surface area contributed by atoms with Crippen LogP contribution in [0.15, 0.2) is 27.8 Å². The summed E-state index contributed by atoms with van der Waals surface area (Å²) in [4.78, 5) is 0. The molecule has 0 bridgehead atoms. The standard InChI is InChI=1S/C14H14FNO2/c1-8-10-7-9(15)3-4-11(10)18-12(8)13(16-17)14(2)5-6-14/h3-4,7,17H,5-6H2,1-2H3/b16-13+. The Kier molecular flexibility index (Phi) is 2.24. The van der Waals surface area contributed by atoms with Gasteiger partial charge in [0.15, 0.2) is 5.76 Å². The number of benzene rings is 1. The van der Waals surface area contributed by atoms with Crippen LogP contribution < -0.4 is 0 Å². The number of nitrogens with zero attached hydrogens (tertiary/aromatic N) is 1. The fourth-order valence-electron chi connectivity index (χ4n) is 2.28. The molecule has 1 heterocycles. The van der Waals surface area contributed by atoms with Gasteiger partial charge in [0, 0.05) is 16.4 Å². The van der Waals surface area contributed by atoms with Crippen LogP contribution in [-0.2, 0) is 0 Å². The minimum Gasteiger partial charge on any atom is -0.454 e. The molecule has 0 spiro atoms. The third-order valence-electron chi connectivity index (χ3n) is 3.78. The number of oxime groups is 1. The molecule has 0 saturated heterocycles. The van der Waals surface area contributed by atoms with E-state index in [4.69, 9.17) is 4.42 Å². The van der Waals surface area contributed by atoms with Gasteiger partial charge >= 0.3 is 0 Å². The number of halogens is 1. The molecule has 1 saturated carbocycles. The van der Waals surface area contributed by atoms with Crippen molar-refractivity contribution in [3.8, 4) is 0 Å². The van der Waals surface area contributed by atoms with Crippen molar-refractivity contribution in [3.63, 3.8) is 0 Å². The Labute approximate surface area is 104 Å². The highest BCUT2D eigenvalue weighted by Gasteiger charge is 2.45. The van der Waals surface area contributed by atoms with Crippen LogP contribution in [0.25, 0.3) is 11.0 Å². The Hall–Kier alpha value is -1.84. The largest absolute Gasteiger partial charge is 0.454 e. The van der Waals surface area contributed by atoms with Crippen LogP contribution in [0.4, 0.5) is 4.39 Å². The molecule has 3 nitrogen and oxygen atoms in total. The van der Waals surface area contributed by atoms with Crippen molar-refractivity contribution in [2.24, 2.45) is 10.6 Å². The van der Waals surface area contributed by atoms with Gasteiger partial charge in [0.2, 0.25) is 0 Å². The molecule has 0 radical (unpaired) electrons. The van der Waals surface area contributed by atoms with E-state index < -0.39 is 0 Å². The summed E-state index contributed by atoms with van der Waals surface area (Å²) in [5.74, 6) is 0.274. The smallest absolute Gasteiger partial charge is 0.156 e. The van der Waals surface area contributed by atoms with Gasteiger partial charge in [0.05, 0.1) is 0 Å². The second kappa shape index (κ2) is 3.57. The molecule has 1 N–H and O–H groups in total. The summed E-state index contributed by atoms with van der Waals surface area (Å²) >= 11 is 0. The van der Waals surface area contributed by atoms with Crippen LogP contribution in [0.1, 0.15) is 31.1 Å². The summed E-state index contributed by atoms with van der Waals surface area (Å²) in [6.45, 7) is 3.90. The fourth-order valence-corrected chi connectivity index (χ4v) is 2.28. The van der Waals surface area contributed by atoms with E-state index in [0.29, 0.717) is 17.1 Å². The predicted octanol–water partition coefficient (Wildman–Crippen LogP) is 3.86. The molecule has 1 aromatic carbocycles. The number of hydrogen-bond acceptors (Lipinski definition) is 3. The Morgan fingerprint density at radius 3 is 2.78 bits per heavy atom. The summed E-state index contributed by atoms with van der Waals surface area (Å²) in [7, 11) is 0. The van der Waals surface area contributed by atoms with E-state index in [1.54, 1.807) is 6.07 Å².